The molecule has 0 radical (unpaired) electrons. The first-order chi connectivity index (χ1) is 6.24. The van der Waals surface area contributed by atoms with Crippen LogP contribution in [-0.4, -0.2) is 38.1 Å². The van der Waals surface area contributed by atoms with Crippen LogP contribution in [0.5, 0.6) is 0 Å². The van der Waals surface area contributed by atoms with Crippen LogP contribution in [-0.2, 0) is 0 Å². The standard InChI is InChI=1S/C11H24N2/c1-4-11(13(2)3)8-10-6-5-7-12-9-10/h10-12H,4-9H2,1-3H3. The summed E-state index contributed by atoms with van der Waals surface area (Å²) in [6.45, 7) is 4.76. The number of rotatable bonds is 4. The maximum atomic E-state index is 3.48. The molecule has 2 atom stereocenters. The summed E-state index contributed by atoms with van der Waals surface area (Å²) in [6.07, 6.45) is 5.45. The highest BCUT2D eigenvalue weighted by atomic mass is 15.1. The molecule has 0 saturated carbocycles. The SMILES string of the molecule is CCC(CC1CCCNC1)N(C)C. The minimum absolute atomic E-state index is 0.782. The third-order valence-electron chi connectivity index (χ3n) is 3.21. The topological polar surface area (TPSA) is 15.3 Å². The second-order valence-electron chi connectivity index (χ2n) is 4.47. The molecule has 1 heterocycles. The van der Waals surface area contributed by atoms with Gasteiger partial charge in [-0.2, -0.15) is 0 Å². The lowest BCUT2D eigenvalue weighted by Crippen LogP contribution is -2.36. The molecule has 0 aromatic heterocycles. The van der Waals surface area contributed by atoms with Crippen molar-refractivity contribution in [3.8, 4) is 0 Å². The van der Waals surface area contributed by atoms with Crippen LogP contribution >= 0.6 is 0 Å². The molecule has 1 rings (SSSR count). The van der Waals surface area contributed by atoms with E-state index in [1.807, 2.05) is 0 Å². The zero-order valence-electron chi connectivity index (χ0n) is 9.34. The lowest BCUT2D eigenvalue weighted by molar-refractivity contribution is 0.218. The molecule has 1 aliphatic rings. The minimum atomic E-state index is 0.782. The molecule has 0 spiro atoms. The third-order valence-corrected chi connectivity index (χ3v) is 3.21. The molecule has 2 nitrogen and oxygen atoms in total. The van der Waals surface area contributed by atoms with E-state index in [9.17, 15) is 0 Å². The van der Waals surface area contributed by atoms with Crippen LogP contribution in [0.2, 0.25) is 0 Å². The van der Waals surface area contributed by atoms with Gasteiger partial charge in [-0.3, -0.25) is 0 Å². The fourth-order valence-electron chi connectivity index (χ4n) is 2.25. The zero-order chi connectivity index (χ0) is 9.68. The molecule has 0 bridgehead atoms. The maximum Gasteiger partial charge on any atom is 0.00896 e. The van der Waals surface area contributed by atoms with Crippen LogP contribution in [0, 0.1) is 5.92 Å². The van der Waals surface area contributed by atoms with Gasteiger partial charge in [0.25, 0.3) is 0 Å². The van der Waals surface area contributed by atoms with Crippen molar-refractivity contribution in [2.24, 2.45) is 5.92 Å². The molecule has 1 fully saturated rings. The Balaban J connectivity index is 2.27. The highest BCUT2D eigenvalue weighted by Crippen LogP contribution is 2.19. The van der Waals surface area contributed by atoms with Crippen LogP contribution in [0.4, 0.5) is 0 Å². The molecule has 13 heavy (non-hydrogen) atoms. The molecule has 1 saturated heterocycles. The number of hydrogen-bond donors (Lipinski definition) is 1. The first-order valence-electron chi connectivity index (χ1n) is 5.61. The predicted molar refractivity (Wildman–Crippen MR) is 58.0 cm³/mol. The van der Waals surface area contributed by atoms with Crippen molar-refractivity contribution in [2.45, 2.75) is 38.6 Å². The molecular weight excluding hydrogens is 160 g/mol. The lowest BCUT2D eigenvalue weighted by Gasteiger charge is -2.30. The quantitative estimate of drug-likeness (QED) is 0.715. The van der Waals surface area contributed by atoms with Gasteiger partial charge in [-0.05, 0) is 58.8 Å². The van der Waals surface area contributed by atoms with Crippen molar-refractivity contribution >= 4 is 0 Å². The second-order valence-corrected chi connectivity index (χ2v) is 4.47. The Morgan fingerprint density at radius 2 is 2.23 bits per heavy atom. The van der Waals surface area contributed by atoms with Gasteiger partial charge in [-0.25, -0.2) is 0 Å². The lowest BCUT2D eigenvalue weighted by atomic mass is 9.91. The van der Waals surface area contributed by atoms with Crippen LogP contribution in [0.3, 0.4) is 0 Å². The Morgan fingerprint density at radius 1 is 1.46 bits per heavy atom. The van der Waals surface area contributed by atoms with E-state index in [4.69, 9.17) is 0 Å². The first kappa shape index (κ1) is 11.0. The van der Waals surface area contributed by atoms with Crippen LogP contribution in [0.1, 0.15) is 32.6 Å². The summed E-state index contributed by atoms with van der Waals surface area (Å²) in [5.74, 6) is 0.918. The van der Waals surface area contributed by atoms with Crippen LogP contribution in [0.15, 0.2) is 0 Å². The predicted octanol–water partition coefficient (Wildman–Crippen LogP) is 1.72. The summed E-state index contributed by atoms with van der Waals surface area (Å²) in [7, 11) is 4.40. The molecular formula is C11H24N2. The molecule has 2 unspecified atom stereocenters. The number of nitrogens with one attached hydrogen (secondary N) is 1. The molecule has 0 aromatic carbocycles. The molecule has 78 valence electrons. The van der Waals surface area contributed by atoms with Crippen LogP contribution in [0.25, 0.3) is 0 Å². The van der Waals surface area contributed by atoms with Gasteiger partial charge in [0.15, 0.2) is 0 Å². The van der Waals surface area contributed by atoms with Crippen molar-refractivity contribution in [3.05, 3.63) is 0 Å². The number of piperidine rings is 1. The molecule has 0 aliphatic carbocycles. The van der Waals surface area contributed by atoms with Gasteiger partial charge in [-0.15, -0.1) is 0 Å². The fourth-order valence-corrected chi connectivity index (χ4v) is 2.25. The van der Waals surface area contributed by atoms with E-state index in [0.29, 0.717) is 0 Å². The zero-order valence-corrected chi connectivity index (χ0v) is 9.34. The van der Waals surface area contributed by atoms with Gasteiger partial charge < -0.3 is 10.2 Å². The summed E-state index contributed by atoms with van der Waals surface area (Å²) in [6, 6.07) is 0.782. The van der Waals surface area contributed by atoms with Crippen LogP contribution < -0.4 is 5.32 Å². The highest BCUT2D eigenvalue weighted by Gasteiger charge is 2.18. The summed E-state index contributed by atoms with van der Waals surface area (Å²) in [5, 5.41) is 3.48. The van der Waals surface area contributed by atoms with E-state index in [2.05, 4.69) is 31.2 Å². The third kappa shape index (κ3) is 3.65. The fraction of sp³-hybridized carbons (Fsp3) is 1.00. The number of nitrogens with zero attached hydrogens (tertiary/aromatic N) is 1. The van der Waals surface area contributed by atoms with Gasteiger partial charge in [0.05, 0.1) is 0 Å². The minimum Gasteiger partial charge on any atom is -0.316 e. The molecule has 1 aliphatic heterocycles. The Morgan fingerprint density at radius 3 is 2.69 bits per heavy atom. The average molecular weight is 184 g/mol. The van der Waals surface area contributed by atoms with Gasteiger partial charge >= 0.3 is 0 Å². The van der Waals surface area contributed by atoms with E-state index >= 15 is 0 Å². The Bertz CT molecular complexity index is 128. The summed E-state index contributed by atoms with van der Waals surface area (Å²) >= 11 is 0. The van der Waals surface area contributed by atoms with E-state index < -0.39 is 0 Å². The van der Waals surface area contributed by atoms with E-state index in [0.717, 1.165) is 12.0 Å². The smallest absolute Gasteiger partial charge is 0.00896 e. The van der Waals surface area contributed by atoms with E-state index in [1.54, 1.807) is 0 Å². The van der Waals surface area contributed by atoms with E-state index in [-0.39, 0.29) is 0 Å². The van der Waals surface area contributed by atoms with E-state index in [1.165, 1.54) is 38.8 Å². The summed E-state index contributed by atoms with van der Waals surface area (Å²) in [5.41, 5.74) is 0. The summed E-state index contributed by atoms with van der Waals surface area (Å²) in [4.78, 5) is 2.37. The Kier molecular flexibility index (Phi) is 4.74. The average Bonchev–Trinajstić information content (AvgIpc) is 2.15. The normalized spacial score (nSPS) is 26.3. The van der Waals surface area contributed by atoms with Crippen molar-refractivity contribution in [3.63, 3.8) is 0 Å². The largest absolute Gasteiger partial charge is 0.316 e. The van der Waals surface area contributed by atoms with Gasteiger partial charge in [-0.1, -0.05) is 6.92 Å². The Hall–Kier alpha value is -0.0800. The molecule has 2 heteroatoms. The van der Waals surface area contributed by atoms with Crippen molar-refractivity contribution < 1.29 is 0 Å². The summed E-state index contributed by atoms with van der Waals surface area (Å²) < 4.78 is 0. The highest BCUT2D eigenvalue weighted by molar-refractivity contribution is 4.75. The molecule has 1 N–H and O–H groups in total. The number of hydrogen-bond acceptors (Lipinski definition) is 2. The van der Waals surface area contributed by atoms with Gasteiger partial charge in [0.1, 0.15) is 0 Å². The maximum absolute atomic E-state index is 3.48. The van der Waals surface area contributed by atoms with Crippen molar-refractivity contribution in [1.82, 2.24) is 10.2 Å². The van der Waals surface area contributed by atoms with Gasteiger partial charge in [0.2, 0.25) is 0 Å². The molecule has 0 aromatic rings. The van der Waals surface area contributed by atoms with Crippen molar-refractivity contribution in [1.29, 1.82) is 0 Å². The second kappa shape index (κ2) is 5.61. The first-order valence-corrected chi connectivity index (χ1v) is 5.61. The Labute approximate surface area is 82.7 Å². The monoisotopic (exact) mass is 184 g/mol. The van der Waals surface area contributed by atoms with Crippen molar-refractivity contribution in [2.75, 3.05) is 27.2 Å². The van der Waals surface area contributed by atoms with Gasteiger partial charge in [0, 0.05) is 6.04 Å². The molecule has 0 amide bonds.